The second kappa shape index (κ2) is 2.66. The van der Waals surface area contributed by atoms with Crippen LogP contribution in [0.3, 0.4) is 0 Å². The average molecular weight is 186 g/mol. The van der Waals surface area contributed by atoms with Crippen molar-refractivity contribution in [2.75, 3.05) is 0 Å². The average Bonchev–Trinajstić information content (AvgIpc) is 2.88. The summed E-state index contributed by atoms with van der Waals surface area (Å²) < 4.78 is 4.99. The topological polar surface area (TPSA) is 67.6 Å². The molecule has 0 unspecified atom stereocenters. The van der Waals surface area contributed by atoms with Gasteiger partial charge in [0.15, 0.2) is 11.4 Å². The summed E-state index contributed by atoms with van der Waals surface area (Å²) in [7, 11) is 0. The molecule has 0 saturated carbocycles. The van der Waals surface area contributed by atoms with E-state index in [2.05, 4.69) is 20.3 Å². The lowest BCUT2D eigenvalue weighted by molar-refractivity contribution is 0.456. The Morgan fingerprint density at radius 3 is 3.14 bits per heavy atom. The van der Waals surface area contributed by atoms with Gasteiger partial charge in [-0.3, -0.25) is 0 Å². The second-order valence-electron chi connectivity index (χ2n) is 2.92. The first-order valence-corrected chi connectivity index (χ1v) is 4.14. The van der Waals surface area contributed by atoms with Gasteiger partial charge in [0.25, 0.3) is 0 Å². The summed E-state index contributed by atoms with van der Waals surface area (Å²) in [5.74, 6) is 0.744. The zero-order valence-corrected chi connectivity index (χ0v) is 7.14. The van der Waals surface area contributed by atoms with E-state index in [9.17, 15) is 0 Å². The van der Waals surface area contributed by atoms with Gasteiger partial charge in [0.05, 0.1) is 6.20 Å². The lowest BCUT2D eigenvalue weighted by Gasteiger charge is -1.93. The van der Waals surface area contributed by atoms with Gasteiger partial charge in [-0.15, -0.1) is 10.2 Å². The second-order valence-corrected chi connectivity index (χ2v) is 2.92. The van der Waals surface area contributed by atoms with Crippen LogP contribution in [0.4, 0.5) is 0 Å². The molecule has 0 amide bonds. The fraction of sp³-hybridized carbons (Fsp3) is 0. The molecule has 1 N–H and O–H groups in total. The smallest absolute Gasteiger partial charge is 0.166 e. The van der Waals surface area contributed by atoms with Crippen LogP contribution in [0.5, 0.6) is 0 Å². The normalized spacial score (nSPS) is 10.9. The van der Waals surface area contributed by atoms with Gasteiger partial charge in [0.2, 0.25) is 0 Å². The highest BCUT2D eigenvalue weighted by Crippen LogP contribution is 2.20. The maximum Gasteiger partial charge on any atom is 0.166 e. The van der Waals surface area contributed by atoms with Crippen LogP contribution in [0.15, 0.2) is 35.2 Å². The lowest BCUT2D eigenvalue weighted by atomic mass is 10.1. The number of aromatic amines is 1. The molecule has 0 aliphatic heterocycles. The number of hydrogen-bond donors (Lipinski definition) is 1. The van der Waals surface area contributed by atoms with Crippen molar-refractivity contribution in [1.29, 1.82) is 0 Å². The Morgan fingerprint density at radius 1 is 1.29 bits per heavy atom. The SMILES string of the molecule is c1nnc(-c2ccc3oncc3c2)[nH]1. The minimum atomic E-state index is 0.744. The quantitative estimate of drug-likeness (QED) is 0.626. The molecule has 0 fully saturated rings. The summed E-state index contributed by atoms with van der Waals surface area (Å²) in [6.07, 6.45) is 3.22. The molecule has 0 saturated heterocycles. The molecule has 3 aromatic rings. The van der Waals surface area contributed by atoms with Crippen LogP contribution in [0, 0.1) is 0 Å². The highest BCUT2D eigenvalue weighted by Gasteiger charge is 2.03. The molecule has 2 aromatic heterocycles. The van der Waals surface area contributed by atoms with Gasteiger partial charge in [-0.2, -0.15) is 0 Å². The van der Waals surface area contributed by atoms with Crippen molar-refractivity contribution in [3.05, 3.63) is 30.7 Å². The first-order valence-electron chi connectivity index (χ1n) is 4.14. The fourth-order valence-corrected chi connectivity index (χ4v) is 1.37. The molecular weight excluding hydrogens is 180 g/mol. The van der Waals surface area contributed by atoms with E-state index in [-0.39, 0.29) is 0 Å². The van der Waals surface area contributed by atoms with Crippen molar-refractivity contribution < 1.29 is 4.52 Å². The standard InChI is InChI=1S/C9H6N4O/c1-2-8-7(4-12-14-8)3-6(1)9-10-5-11-13-9/h1-5H,(H,10,11,13). The third-order valence-corrected chi connectivity index (χ3v) is 2.04. The molecule has 1 aromatic carbocycles. The van der Waals surface area contributed by atoms with Crippen LogP contribution in [0.2, 0.25) is 0 Å². The zero-order chi connectivity index (χ0) is 9.38. The van der Waals surface area contributed by atoms with Gasteiger partial charge >= 0.3 is 0 Å². The van der Waals surface area contributed by atoms with Crippen molar-refractivity contribution in [1.82, 2.24) is 20.3 Å². The molecule has 68 valence electrons. The van der Waals surface area contributed by atoms with Crippen LogP contribution < -0.4 is 0 Å². The molecule has 5 nitrogen and oxygen atoms in total. The molecule has 0 bridgehead atoms. The highest BCUT2D eigenvalue weighted by atomic mass is 16.5. The molecule has 0 spiro atoms. The van der Waals surface area contributed by atoms with Crippen molar-refractivity contribution in [2.45, 2.75) is 0 Å². The van der Waals surface area contributed by atoms with E-state index in [1.165, 1.54) is 0 Å². The van der Waals surface area contributed by atoms with Crippen LogP contribution in [-0.4, -0.2) is 20.3 Å². The van der Waals surface area contributed by atoms with E-state index in [1.54, 1.807) is 12.5 Å². The van der Waals surface area contributed by atoms with Crippen LogP contribution in [-0.2, 0) is 0 Å². The zero-order valence-electron chi connectivity index (χ0n) is 7.14. The number of H-pyrrole nitrogens is 1. The Morgan fingerprint density at radius 2 is 2.29 bits per heavy atom. The van der Waals surface area contributed by atoms with Crippen molar-refractivity contribution >= 4 is 11.0 Å². The number of nitrogens with zero attached hydrogens (tertiary/aromatic N) is 3. The number of fused-ring (bicyclic) bond motifs is 1. The Kier molecular flexibility index (Phi) is 1.38. The molecular formula is C9H6N4O. The number of benzene rings is 1. The first-order chi connectivity index (χ1) is 6.93. The number of rotatable bonds is 1. The third-order valence-electron chi connectivity index (χ3n) is 2.04. The van der Waals surface area contributed by atoms with Crippen molar-refractivity contribution in [3.63, 3.8) is 0 Å². The predicted molar refractivity (Wildman–Crippen MR) is 49.4 cm³/mol. The maximum atomic E-state index is 4.99. The summed E-state index contributed by atoms with van der Waals surface area (Å²) in [6, 6.07) is 5.72. The monoisotopic (exact) mass is 186 g/mol. The molecule has 5 heteroatoms. The Balaban J connectivity index is 2.23. The summed E-state index contributed by atoms with van der Waals surface area (Å²) in [6.45, 7) is 0. The predicted octanol–water partition coefficient (Wildman–Crippen LogP) is 1.61. The number of aromatic nitrogens is 4. The first kappa shape index (κ1) is 7.25. The number of nitrogens with one attached hydrogen (secondary N) is 1. The van der Waals surface area contributed by atoms with Crippen LogP contribution >= 0.6 is 0 Å². The van der Waals surface area contributed by atoms with Crippen molar-refractivity contribution in [3.8, 4) is 11.4 Å². The largest absolute Gasteiger partial charge is 0.356 e. The Bertz CT molecular complexity index is 555. The van der Waals surface area contributed by atoms with Crippen LogP contribution in [0.25, 0.3) is 22.4 Å². The third kappa shape index (κ3) is 0.990. The fourth-order valence-electron chi connectivity index (χ4n) is 1.37. The molecule has 0 atom stereocenters. The van der Waals surface area contributed by atoms with Gasteiger partial charge < -0.3 is 9.51 Å². The molecule has 0 aliphatic rings. The molecule has 0 aliphatic carbocycles. The van der Waals surface area contributed by atoms with Gasteiger partial charge in [-0.25, -0.2) is 0 Å². The van der Waals surface area contributed by atoms with Gasteiger partial charge in [0.1, 0.15) is 6.33 Å². The Hall–Kier alpha value is -2.17. The Labute approximate surface area is 78.8 Å². The van der Waals surface area contributed by atoms with E-state index in [0.29, 0.717) is 0 Å². The maximum absolute atomic E-state index is 4.99. The van der Waals surface area contributed by atoms with E-state index in [0.717, 1.165) is 22.4 Å². The molecule has 3 rings (SSSR count). The lowest BCUT2D eigenvalue weighted by Crippen LogP contribution is -1.79. The van der Waals surface area contributed by atoms with Crippen LogP contribution in [0.1, 0.15) is 0 Å². The molecule has 14 heavy (non-hydrogen) atoms. The summed E-state index contributed by atoms with van der Waals surface area (Å²) in [5.41, 5.74) is 1.74. The van der Waals surface area contributed by atoms with E-state index in [1.807, 2.05) is 18.2 Å². The van der Waals surface area contributed by atoms with Gasteiger partial charge in [-0.1, -0.05) is 5.16 Å². The summed E-state index contributed by atoms with van der Waals surface area (Å²) >= 11 is 0. The minimum Gasteiger partial charge on any atom is -0.356 e. The van der Waals surface area contributed by atoms with Gasteiger partial charge in [-0.05, 0) is 18.2 Å². The van der Waals surface area contributed by atoms with E-state index in [4.69, 9.17) is 4.52 Å². The highest BCUT2D eigenvalue weighted by molar-refractivity contribution is 5.81. The molecule has 2 heterocycles. The summed E-state index contributed by atoms with van der Waals surface area (Å²) in [5, 5.41) is 12.3. The van der Waals surface area contributed by atoms with E-state index < -0.39 is 0 Å². The minimum absolute atomic E-state index is 0.744. The van der Waals surface area contributed by atoms with Gasteiger partial charge in [0, 0.05) is 10.9 Å². The summed E-state index contributed by atoms with van der Waals surface area (Å²) in [4.78, 5) is 2.94. The van der Waals surface area contributed by atoms with Crippen molar-refractivity contribution in [2.24, 2.45) is 0 Å². The molecule has 0 radical (unpaired) electrons. The number of hydrogen-bond acceptors (Lipinski definition) is 4. The van der Waals surface area contributed by atoms with E-state index >= 15 is 0 Å².